The van der Waals surface area contributed by atoms with Crippen molar-refractivity contribution in [1.82, 2.24) is 5.32 Å². The van der Waals surface area contributed by atoms with Crippen LogP contribution in [0.2, 0.25) is 0 Å². The lowest BCUT2D eigenvalue weighted by Crippen LogP contribution is -2.32. The molecule has 0 spiro atoms. The van der Waals surface area contributed by atoms with Crippen molar-refractivity contribution in [2.75, 3.05) is 25.0 Å². The van der Waals surface area contributed by atoms with Crippen LogP contribution in [0.4, 0.5) is 5.69 Å². The smallest absolute Gasteiger partial charge is 0.121 e. The summed E-state index contributed by atoms with van der Waals surface area (Å²) in [6.45, 7) is 6.30. The number of fused-ring (bicyclic) bond motifs is 1. The second kappa shape index (κ2) is 4.34. The van der Waals surface area contributed by atoms with Gasteiger partial charge in [-0.2, -0.15) is 0 Å². The molecule has 1 aliphatic rings. The summed E-state index contributed by atoms with van der Waals surface area (Å²) in [5, 5.41) is 13.3. The Morgan fingerprint density at radius 3 is 2.94 bits per heavy atom. The number of hydrogen-bond acceptors (Lipinski definition) is 3. The monoisotopic (exact) mass is 220 g/mol. The zero-order chi connectivity index (χ0) is 11.7. The van der Waals surface area contributed by atoms with Gasteiger partial charge in [0.05, 0.1) is 0 Å². The lowest BCUT2D eigenvalue weighted by atomic mass is 9.94. The van der Waals surface area contributed by atoms with Crippen molar-refractivity contribution in [3.05, 3.63) is 23.8 Å². The van der Waals surface area contributed by atoms with Gasteiger partial charge in [-0.25, -0.2) is 0 Å². The number of rotatable bonds is 3. The van der Waals surface area contributed by atoms with E-state index in [0.717, 1.165) is 18.7 Å². The first-order valence-corrected chi connectivity index (χ1v) is 5.93. The van der Waals surface area contributed by atoms with Crippen molar-refractivity contribution < 1.29 is 5.11 Å². The van der Waals surface area contributed by atoms with E-state index in [4.69, 9.17) is 0 Å². The van der Waals surface area contributed by atoms with Gasteiger partial charge < -0.3 is 15.3 Å². The molecule has 16 heavy (non-hydrogen) atoms. The number of hydrogen-bond donors (Lipinski definition) is 2. The molecule has 3 heteroatoms. The summed E-state index contributed by atoms with van der Waals surface area (Å²) in [5.74, 6) is 0.807. The first kappa shape index (κ1) is 11.3. The van der Waals surface area contributed by atoms with Crippen molar-refractivity contribution in [3.8, 4) is 5.75 Å². The van der Waals surface area contributed by atoms with Crippen LogP contribution in [0.1, 0.15) is 25.3 Å². The molecule has 3 nitrogen and oxygen atoms in total. The largest absolute Gasteiger partial charge is 0.508 e. The Labute approximate surface area is 97.1 Å². The van der Waals surface area contributed by atoms with E-state index in [2.05, 4.69) is 30.1 Å². The number of benzene rings is 1. The number of nitrogens with zero attached hydrogens (tertiary/aromatic N) is 1. The molecule has 2 rings (SSSR count). The SMILES string of the molecule is CCN1CC(C(C)NC)c2c(O)cccc21. The summed E-state index contributed by atoms with van der Waals surface area (Å²) in [6, 6.07) is 6.18. The molecule has 0 bridgehead atoms. The average Bonchev–Trinajstić information content (AvgIpc) is 2.68. The fourth-order valence-corrected chi connectivity index (χ4v) is 2.53. The van der Waals surface area contributed by atoms with Crippen molar-refractivity contribution in [2.45, 2.75) is 25.8 Å². The van der Waals surface area contributed by atoms with E-state index in [1.54, 1.807) is 6.07 Å². The van der Waals surface area contributed by atoms with E-state index in [-0.39, 0.29) is 0 Å². The highest BCUT2D eigenvalue weighted by molar-refractivity contribution is 5.65. The number of likely N-dealkylation sites (N-methyl/N-ethyl adjacent to an activating group) is 2. The molecule has 1 aromatic rings. The molecule has 2 atom stereocenters. The molecule has 88 valence electrons. The maximum Gasteiger partial charge on any atom is 0.121 e. The van der Waals surface area contributed by atoms with Crippen molar-refractivity contribution in [3.63, 3.8) is 0 Å². The number of phenolic OH excluding ortho intramolecular Hbond substituents is 1. The highest BCUT2D eigenvalue weighted by atomic mass is 16.3. The van der Waals surface area contributed by atoms with Crippen LogP contribution >= 0.6 is 0 Å². The Kier molecular flexibility index (Phi) is 3.06. The minimum Gasteiger partial charge on any atom is -0.508 e. The maximum atomic E-state index is 10.0. The molecule has 1 heterocycles. The zero-order valence-electron chi connectivity index (χ0n) is 10.2. The Morgan fingerprint density at radius 2 is 2.31 bits per heavy atom. The summed E-state index contributed by atoms with van der Waals surface area (Å²) in [4.78, 5) is 2.33. The summed E-state index contributed by atoms with van der Waals surface area (Å²) in [6.07, 6.45) is 0. The number of nitrogens with one attached hydrogen (secondary N) is 1. The molecule has 1 aliphatic heterocycles. The Morgan fingerprint density at radius 1 is 1.56 bits per heavy atom. The van der Waals surface area contributed by atoms with Crippen LogP contribution in [-0.2, 0) is 0 Å². The number of phenols is 1. The van der Waals surface area contributed by atoms with Gasteiger partial charge in [0, 0.05) is 36.3 Å². The van der Waals surface area contributed by atoms with Gasteiger partial charge in [0.15, 0.2) is 0 Å². The van der Waals surface area contributed by atoms with E-state index < -0.39 is 0 Å². The van der Waals surface area contributed by atoms with Gasteiger partial charge in [0.1, 0.15) is 5.75 Å². The fraction of sp³-hybridized carbons (Fsp3) is 0.538. The number of anilines is 1. The summed E-state index contributed by atoms with van der Waals surface area (Å²) < 4.78 is 0. The topological polar surface area (TPSA) is 35.5 Å². The van der Waals surface area contributed by atoms with Crippen LogP contribution in [0.15, 0.2) is 18.2 Å². The second-order valence-electron chi connectivity index (χ2n) is 4.43. The molecule has 0 saturated heterocycles. The molecule has 0 amide bonds. The average molecular weight is 220 g/mol. The van der Waals surface area contributed by atoms with E-state index in [1.807, 2.05) is 13.1 Å². The molecule has 0 radical (unpaired) electrons. The fourth-order valence-electron chi connectivity index (χ4n) is 2.53. The van der Waals surface area contributed by atoms with Crippen molar-refractivity contribution in [1.29, 1.82) is 0 Å². The highest BCUT2D eigenvalue weighted by Crippen LogP contribution is 2.42. The normalized spacial score (nSPS) is 20.9. The third-order valence-corrected chi connectivity index (χ3v) is 3.63. The minimum atomic E-state index is 0.376. The Hall–Kier alpha value is -1.22. The molecule has 0 aromatic heterocycles. The molecule has 0 saturated carbocycles. The minimum absolute atomic E-state index is 0.376. The van der Waals surface area contributed by atoms with Crippen LogP contribution < -0.4 is 10.2 Å². The second-order valence-corrected chi connectivity index (χ2v) is 4.43. The van der Waals surface area contributed by atoms with Crippen LogP contribution in [-0.4, -0.2) is 31.3 Å². The first-order valence-electron chi connectivity index (χ1n) is 5.93. The molecular weight excluding hydrogens is 200 g/mol. The third-order valence-electron chi connectivity index (χ3n) is 3.63. The Bertz CT molecular complexity index is 378. The van der Waals surface area contributed by atoms with Crippen molar-refractivity contribution in [2.24, 2.45) is 0 Å². The molecular formula is C13H20N2O. The van der Waals surface area contributed by atoms with Gasteiger partial charge in [-0.15, -0.1) is 0 Å². The predicted octanol–water partition coefficient (Wildman–Crippen LogP) is 1.92. The van der Waals surface area contributed by atoms with E-state index in [0.29, 0.717) is 17.7 Å². The molecule has 2 N–H and O–H groups in total. The predicted molar refractivity (Wildman–Crippen MR) is 67.3 cm³/mol. The van der Waals surface area contributed by atoms with Gasteiger partial charge >= 0.3 is 0 Å². The van der Waals surface area contributed by atoms with Crippen LogP contribution in [0.25, 0.3) is 0 Å². The molecule has 2 unspecified atom stereocenters. The lowest BCUT2D eigenvalue weighted by Gasteiger charge is -2.20. The first-order chi connectivity index (χ1) is 7.69. The maximum absolute atomic E-state index is 10.0. The van der Waals surface area contributed by atoms with E-state index in [9.17, 15) is 5.11 Å². The lowest BCUT2D eigenvalue weighted by molar-refractivity contribution is 0.447. The quantitative estimate of drug-likeness (QED) is 0.817. The van der Waals surface area contributed by atoms with Crippen LogP contribution in [0.5, 0.6) is 5.75 Å². The highest BCUT2D eigenvalue weighted by Gasteiger charge is 2.33. The third kappa shape index (κ3) is 1.65. The summed E-state index contributed by atoms with van der Waals surface area (Å²) in [5.41, 5.74) is 2.29. The van der Waals surface area contributed by atoms with Gasteiger partial charge in [-0.3, -0.25) is 0 Å². The number of aromatic hydroxyl groups is 1. The molecule has 0 fully saturated rings. The van der Waals surface area contributed by atoms with E-state index >= 15 is 0 Å². The van der Waals surface area contributed by atoms with Gasteiger partial charge in [-0.1, -0.05) is 6.07 Å². The van der Waals surface area contributed by atoms with Crippen LogP contribution in [0, 0.1) is 0 Å². The van der Waals surface area contributed by atoms with Gasteiger partial charge in [0.2, 0.25) is 0 Å². The van der Waals surface area contributed by atoms with Crippen molar-refractivity contribution >= 4 is 5.69 Å². The zero-order valence-corrected chi connectivity index (χ0v) is 10.2. The van der Waals surface area contributed by atoms with Gasteiger partial charge in [-0.05, 0) is 33.0 Å². The van der Waals surface area contributed by atoms with Gasteiger partial charge in [0.25, 0.3) is 0 Å². The summed E-state index contributed by atoms with van der Waals surface area (Å²) in [7, 11) is 1.97. The Balaban J connectivity index is 2.43. The van der Waals surface area contributed by atoms with Crippen LogP contribution in [0.3, 0.4) is 0 Å². The standard InChI is InChI=1S/C13H20N2O/c1-4-15-8-10(9(2)14-3)13-11(15)6-5-7-12(13)16/h5-7,9-10,14,16H,4,8H2,1-3H3. The summed E-state index contributed by atoms with van der Waals surface area (Å²) >= 11 is 0. The molecule has 1 aromatic carbocycles. The molecule has 0 aliphatic carbocycles. The van der Waals surface area contributed by atoms with E-state index in [1.165, 1.54) is 5.69 Å².